The van der Waals surface area contributed by atoms with E-state index in [0.717, 1.165) is 42.4 Å². The summed E-state index contributed by atoms with van der Waals surface area (Å²) in [4.78, 5) is 42.6. The number of likely N-dealkylation sites (tertiary alicyclic amines) is 1. The highest BCUT2D eigenvalue weighted by molar-refractivity contribution is 5.83. The Hall–Kier alpha value is -3.39. The summed E-state index contributed by atoms with van der Waals surface area (Å²) in [6.45, 7) is 6.06. The monoisotopic (exact) mass is 451 g/mol. The van der Waals surface area contributed by atoms with E-state index in [-0.39, 0.29) is 17.7 Å². The van der Waals surface area contributed by atoms with Crippen LogP contribution in [0.3, 0.4) is 0 Å². The topological polar surface area (TPSA) is 130 Å². The molecule has 3 aromatic rings. The molecule has 1 aromatic carbocycles. The number of fused-ring (bicyclic) bond motifs is 1. The number of hydrogen-bond donors (Lipinski definition) is 3. The van der Waals surface area contributed by atoms with Gasteiger partial charge in [0.15, 0.2) is 5.76 Å². The van der Waals surface area contributed by atoms with E-state index < -0.39 is 28.6 Å². The van der Waals surface area contributed by atoms with Crippen molar-refractivity contribution in [2.24, 2.45) is 5.73 Å². The lowest BCUT2D eigenvalue weighted by atomic mass is 9.91. The number of amides is 1. The summed E-state index contributed by atoms with van der Waals surface area (Å²) in [6, 6.07) is 6.84. The van der Waals surface area contributed by atoms with Gasteiger partial charge in [0.2, 0.25) is 17.1 Å². The van der Waals surface area contributed by atoms with Crippen LogP contribution in [0.4, 0.5) is 0 Å². The zero-order valence-electron chi connectivity index (χ0n) is 18.9. The van der Waals surface area contributed by atoms with Gasteiger partial charge >= 0.3 is 0 Å². The number of nitrogens with one attached hydrogen (secondary N) is 1. The quantitative estimate of drug-likeness (QED) is 0.528. The van der Waals surface area contributed by atoms with E-state index in [2.05, 4.69) is 9.88 Å². The molecule has 1 saturated heterocycles. The number of pyridine rings is 1. The average molecular weight is 452 g/mol. The molecule has 0 aliphatic carbocycles. The summed E-state index contributed by atoms with van der Waals surface area (Å²) in [6.07, 6.45) is 3.03. The van der Waals surface area contributed by atoms with Crippen molar-refractivity contribution in [3.8, 4) is 5.75 Å². The molecule has 2 aromatic heterocycles. The first kappa shape index (κ1) is 22.8. The van der Waals surface area contributed by atoms with E-state index >= 15 is 0 Å². The van der Waals surface area contributed by atoms with Crippen molar-refractivity contribution < 1.29 is 14.3 Å². The summed E-state index contributed by atoms with van der Waals surface area (Å²) in [5.41, 5.74) is 7.29. The first-order valence-electron chi connectivity index (χ1n) is 11.2. The number of aryl methyl sites for hydroxylation is 2. The third kappa shape index (κ3) is 4.85. The van der Waals surface area contributed by atoms with Crippen molar-refractivity contribution in [2.75, 3.05) is 13.1 Å². The van der Waals surface area contributed by atoms with Crippen LogP contribution in [-0.2, 0) is 11.3 Å². The molecule has 0 radical (unpaired) electrons. The highest BCUT2D eigenvalue weighted by Gasteiger charge is 2.28. The van der Waals surface area contributed by atoms with Gasteiger partial charge in [-0.15, -0.1) is 0 Å². The van der Waals surface area contributed by atoms with Crippen LogP contribution in [-0.4, -0.2) is 34.0 Å². The van der Waals surface area contributed by atoms with Gasteiger partial charge in [-0.05, 0) is 62.9 Å². The number of carbonyl (C=O) groups excluding carboxylic acids is 1. The van der Waals surface area contributed by atoms with Gasteiger partial charge in [0.1, 0.15) is 5.76 Å². The van der Waals surface area contributed by atoms with E-state index in [1.807, 2.05) is 26.0 Å². The number of aromatic nitrogens is 1. The molecule has 4 rings (SSSR count). The predicted molar refractivity (Wildman–Crippen MR) is 125 cm³/mol. The first-order valence-corrected chi connectivity index (χ1v) is 11.2. The number of piperidine rings is 1. The molecule has 4 N–H and O–H groups in total. The molecule has 1 fully saturated rings. The van der Waals surface area contributed by atoms with E-state index in [4.69, 9.17) is 10.2 Å². The van der Waals surface area contributed by atoms with E-state index in [9.17, 15) is 19.5 Å². The Balaban J connectivity index is 1.84. The molecule has 0 unspecified atom stereocenters. The van der Waals surface area contributed by atoms with Gasteiger partial charge in [-0.3, -0.25) is 19.3 Å². The Morgan fingerprint density at radius 3 is 2.58 bits per heavy atom. The summed E-state index contributed by atoms with van der Waals surface area (Å²) in [7, 11) is 0. The summed E-state index contributed by atoms with van der Waals surface area (Å²) in [5.74, 6) is -2.01. The molecule has 1 amide bonds. The van der Waals surface area contributed by atoms with Crippen molar-refractivity contribution in [1.82, 2.24) is 9.88 Å². The second-order valence-corrected chi connectivity index (χ2v) is 8.95. The van der Waals surface area contributed by atoms with Gasteiger partial charge in [0, 0.05) is 18.1 Å². The Morgan fingerprint density at radius 1 is 1.15 bits per heavy atom. The van der Waals surface area contributed by atoms with Crippen LogP contribution in [0.15, 0.2) is 38.3 Å². The zero-order valence-corrected chi connectivity index (χ0v) is 18.9. The number of nitrogens with zero attached hydrogens (tertiary/aromatic N) is 1. The summed E-state index contributed by atoms with van der Waals surface area (Å²) >= 11 is 0. The van der Waals surface area contributed by atoms with Crippen LogP contribution in [0, 0.1) is 13.8 Å². The lowest BCUT2D eigenvalue weighted by Gasteiger charge is -2.26. The van der Waals surface area contributed by atoms with Crippen molar-refractivity contribution in [1.29, 1.82) is 0 Å². The Morgan fingerprint density at radius 2 is 1.88 bits per heavy atom. The van der Waals surface area contributed by atoms with Gasteiger partial charge in [-0.2, -0.15) is 0 Å². The van der Waals surface area contributed by atoms with Gasteiger partial charge in [0.25, 0.3) is 5.56 Å². The molecule has 1 aliphatic rings. The molecule has 8 nitrogen and oxygen atoms in total. The number of hydrogen-bond acceptors (Lipinski definition) is 6. The fourth-order valence-electron chi connectivity index (χ4n) is 4.71. The predicted octanol–water partition coefficient (Wildman–Crippen LogP) is 2.80. The van der Waals surface area contributed by atoms with E-state index in [1.165, 1.54) is 12.5 Å². The summed E-state index contributed by atoms with van der Waals surface area (Å²) in [5, 5.41) is 11.4. The Labute approximate surface area is 191 Å². The number of nitrogens with two attached hydrogens (primary N) is 1. The third-order valence-corrected chi connectivity index (χ3v) is 6.25. The molecule has 174 valence electrons. The molecule has 0 spiro atoms. The average Bonchev–Trinajstić information content (AvgIpc) is 2.75. The highest BCUT2D eigenvalue weighted by Crippen LogP contribution is 2.33. The maximum Gasteiger partial charge on any atom is 0.252 e. The van der Waals surface area contributed by atoms with Gasteiger partial charge in [-0.25, -0.2) is 0 Å². The first-order chi connectivity index (χ1) is 15.7. The zero-order chi connectivity index (χ0) is 23.7. The smallest absolute Gasteiger partial charge is 0.252 e. The van der Waals surface area contributed by atoms with Crippen molar-refractivity contribution in [3.05, 3.63) is 73.1 Å². The molecule has 8 heteroatoms. The lowest BCUT2D eigenvalue weighted by molar-refractivity contribution is -0.118. The molecule has 33 heavy (non-hydrogen) atoms. The molecule has 0 bridgehead atoms. The number of primary amides is 1. The number of H-pyrrole nitrogens is 1. The van der Waals surface area contributed by atoms with Crippen LogP contribution >= 0.6 is 0 Å². The second-order valence-electron chi connectivity index (χ2n) is 8.95. The molecular formula is C25H29N3O5. The molecular weight excluding hydrogens is 422 g/mol. The number of rotatable bonds is 6. The van der Waals surface area contributed by atoms with E-state index in [0.29, 0.717) is 17.8 Å². The minimum atomic E-state index is -0.995. The van der Waals surface area contributed by atoms with Gasteiger partial charge in [0.05, 0.1) is 18.0 Å². The van der Waals surface area contributed by atoms with Crippen molar-refractivity contribution in [2.45, 2.75) is 52.0 Å². The molecule has 1 atom stereocenters. The van der Waals surface area contributed by atoms with Gasteiger partial charge < -0.3 is 20.2 Å². The van der Waals surface area contributed by atoms with Crippen LogP contribution in [0.25, 0.3) is 10.9 Å². The number of benzene rings is 1. The molecule has 3 heterocycles. The minimum absolute atomic E-state index is 0.109. The normalized spacial score (nSPS) is 15.6. The SMILES string of the molecule is Cc1cc(C)c2[nH]c(=O)c([C@H](CC(N)=O)c3oc(CN4CCCCC4)cc(=O)c3O)cc2c1. The largest absolute Gasteiger partial charge is 0.502 e. The highest BCUT2D eigenvalue weighted by atomic mass is 16.4. The minimum Gasteiger partial charge on any atom is -0.502 e. The van der Waals surface area contributed by atoms with E-state index in [1.54, 1.807) is 6.07 Å². The van der Waals surface area contributed by atoms with Crippen LogP contribution in [0.5, 0.6) is 5.75 Å². The van der Waals surface area contributed by atoms with Crippen LogP contribution in [0.1, 0.15) is 59.8 Å². The lowest BCUT2D eigenvalue weighted by Crippen LogP contribution is -2.29. The number of aromatic amines is 1. The Kier molecular flexibility index (Phi) is 6.37. The summed E-state index contributed by atoms with van der Waals surface area (Å²) < 4.78 is 5.97. The molecule has 1 aliphatic heterocycles. The maximum absolute atomic E-state index is 13.0. The fourth-order valence-corrected chi connectivity index (χ4v) is 4.71. The second kappa shape index (κ2) is 9.23. The van der Waals surface area contributed by atoms with Gasteiger partial charge in [-0.1, -0.05) is 18.1 Å². The number of aromatic hydroxyl groups is 1. The van der Waals surface area contributed by atoms with Crippen LogP contribution < -0.4 is 16.7 Å². The van der Waals surface area contributed by atoms with Crippen molar-refractivity contribution >= 4 is 16.8 Å². The number of carbonyl (C=O) groups is 1. The third-order valence-electron chi connectivity index (χ3n) is 6.25. The standard InChI is InChI=1S/C25H29N3O5/c1-14-8-15(2)22-16(9-14)10-19(25(32)27-22)18(12-21(26)30)24-23(31)20(29)11-17(33-24)13-28-6-4-3-5-7-28/h8-11,18,31H,3-7,12-13H2,1-2H3,(H2,26,30)(H,27,32)/t18-/m0/s1. The Bertz CT molecular complexity index is 1320. The van der Waals surface area contributed by atoms with Crippen molar-refractivity contribution in [3.63, 3.8) is 0 Å². The maximum atomic E-state index is 13.0. The fraction of sp³-hybridized carbons (Fsp3) is 0.400. The molecule has 0 saturated carbocycles. The van der Waals surface area contributed by atoms with Crippen LogP contribution in [0.2, 0.25) is 0 Å².